The number of benzene rings is 1. The van der Waals surface area contributed by atoms with Crippen molar-refractivity contribution in [2.45, 2.75) is 39.0 Å². The minimum atomic E-state index is -3.81. The van der Waals surface area contributed by atoms with Crippen LogP contribution in [0.3, 0.4) is 0 Å². The van der Waals surface area contributed by atoms with Crippen LogP contribution in [0.1, 0.15) is 32.8 Å². The lowest BCUT2D eigenvalue weighted by Crippen LogP contribution is -2.27. The maximum absolute atomic E-state index is 12.0. The highest BCUT2D eigenvalue weighted by Crippen LogP contribution is 2.25. The first-order valence-corrected chi connectivity index (χ1v) is 8.46. The van der Waals surface area contributed by atoms with E-state index in [1.165, 1.54) is 18.2 Å². The second kappa shape index (κ2) is 7.10. The van der Waals surface area contributed by atoms with Crippen LogP contribution in [0.15, 0.2) is 23.1 Å². The van der Waals surface area contributed by atoms with Crippen LogP contribution < -0.4 is 9.46 Å². The topological polar surface area (TPSA) is 110 Å². The highest BCUT2D eigenvalue weighted by Gasteiger charge is 2.24. The average molecular weight is 343 g/mol. The van der Waals surface area contributed by atoms with Crippen LogP contribution in [0.4, 0.5) is 0 Å². The smallest absolute Gasteiger partial charge is 0.316 e. The molecule has 0 aliphatic rings. The molecule has 2 N–H and O–H groups in total. The van der Waals surface area contributed by atoms with Gasteiger partial charge >= 0.3 is 11.9 Å². The van der Waals surface area contributed by atoms with Gasteiger partial charge in [0, 0.05) is 6.54 Å². The summed E-state index contributed by atoms with van der Waals surface area (Å²) in [5, 5.41) is 8.53. The van der Waals surface area contributed by atoms with Crippen LogP contribution in [-0.2, 0) is 19.6 Å². The molecule has 1 rings (SSSR count). The zero-order chi connectivity index (χ0) is 17.8. The number of carboxylic acid groups (broad SMARTS) is 1. The van der Waals surface area contributed by atoms with Crippen molar-refractivity contribution in [3.05, 3.63) is 23.8 Å². The molecule has 23 heavy (non-hydrogen) atoms. The molecule has 0 saturated carbocycles. The molecule has 0 heterocycles. The first kappa shape index (κ1) is 19.1. The number of carbonyl (C=O) groups excluding carboxylic acids is 1. The Balaban J connectivity index is 2.91. The zero-order valence-electron chi connectivity index (χ0n) is 13.5. The summed E-state index contributed by atoms with van der Waals surface area (Å²) in [6.45, 7) is 6.58. The molecule has 1 aromatic rings. The summed E-state index contributed by atoms with van der Waals surface area (Å²) in [7, 11) is -3.81. The number of ether oxygens (including phenoxy) is 1. The van der Waals surface area contributed by atoms with Gasteiger partial charge in [0.1, 0.15) is 5.75 Å². The van der Waals surface area contributed by atoms with Crippen molar-refractivity contribution in [1.82, 2.24) is 4.72 Å². The lowest BCUT2D eigenvalue weighted by molar-refractivity contribution is -0.143. The number of sulfonamides is 1. The molecule has 0 spiro atoms. The first-order chi connectivity index (χ1) is 10.4. The number of carbonyl (C=O) groups is 2. The Bertz CT molecular complexity index is 703. The number of rotatable bonds is 6. The van der Waals surface area contributed by atoms with Crippen molar-refractivity contribution in [2.75, 3.05) is 6.54 Å². The molecule has 7 nitrogen and oxygen atoms in total. The van der Waals surface area contributed by atoms with Crippen molar-refractivity contribution in [3.63, 3.8) is 0 Å². The molecule has 0 radical (unpaired) electrons. The quantitative estimate of drug-likeness (QED) is 0.601. The van der Waals surface area contributed by atoms with E-state index < -0.39 is 27.4 Å². The van der Waals surface area contributed by atoms with Gasteiger partial charge in [-0.3, -0.25) is 9.59 Å². The Kier molecular flexibility index (Phi) is 5.90. The van der Waals surface area contributed by atoms with E-state index in [-0.39, 0.29) is 23.6 Å². The van der Waals surface area contributed by atoms with Gasteiger partial charge in [0.25, 0.3) is 0 Å². The van der Waals surface area contributed by atoms with Crippen LogP contribution >= 0.6 is 0 Å². The van der Waals surface area contributed by atoms with Crippen molar-refractivity contribution in [1.29, 1.82) is 0 Å². The minimum Gasteiger partial charge on any atom is -0.481 e. The largest absolute Gasteiger partial charge is 0.481 e. The summed E-state index contributed by atoms with van der Waals surface area (Å²) in [6.07, 6.45) is -0.306. The predicted octanol–water partition coefficient (Wildman–Crippen LogP) is 1.70. The molecule has 0 unspecified atom stereocenters. The third-order valence-electron chi connectivity index (χ3n) is 2.90. The fourth-order valence-electron chi connectivity index (χ4n) is 1.53. The van der Waals surface area contributed by atoms with Crippen LogP contribution in [0.5, 0.6) is 5.75 Å². The molecular weight excluding hydrogens is 322 g/mol. The van der Waals surface area contributed by atoms with E-state index in [9.17, 15) is 18.0 Å². The molecule has 0 aromatic heterocycles. The highest BCUT2D eigenvalue weighted by molar-refractivity contribution is 7.89. The molecule has 0 atom stereocenters. The van der Waals surface area contributed by atoms with Gasteiger partial charge in [-0.1, -0.05) is 0 Å². The Labute approximate surface area is 135 Å². The molecule has 0 aliphatic heterocycles. The summed E-state index contributed by atoms with van der Waals surface area (Å²) in [4.78, 5) is 22.3. The number of aryl methyl sites for hydroxylation is 1. The van der Waals surface area contributed by atoms with Gasteiger partial charge in [-0.25, -0.2) is 13.1 Å². The van der Waals surface area contributed by atoms with Crippen molar-refractivity contribution in [3.8, 4) is 5.75 Å². The SMILES string of the molecule is Cc1cc(S(=O)(=O)NCCC(=O)O)ccc1OC(=O)C(C)(C)C. The second-order valence-corrected chi connectivity index (χ2v) is 7.88. The third-order valence-corrected chi connectivity index (χ3v) is 4.36. The second-order valence-electron chi connectivity index (χ2n) is 6.11. The van der Waals surface area contributed by atoms with Gasteiger partial charge in [-0.2, -0.15) is 0 Å². The van der Waals surface area contributed by atoms with E-state index in [1.807, 2.05) is 0 Å². The van der Waals surface area contributed by atoms with Crippen molar-refractivity contribution >= 4 is 22.0 Å². The molecule has 0 bridgehead atoms. The molecule has 0 amide bonds. The first-order valence-electron chi connectivity index (χ1n) is 6.98. The molecule has 0 saturated heterocycles. The van der Waals surface area contributed by atoms with Gasteiger partial charge in [-0.15, -0.1) is 0 Å². The van der Waals surface area contributed by atoms with Gasteiger partial charge in [0.05, 0.1) is 16.7 Å². The van der Waals surface area contributed by atoms with Gasteiger partial charge in [0.2, 0.25) is 10.0 Å². The molecule has 1 aromatic carbocycles. The average Bonchev–Trinajstić information content (AvgIpc) is 2.39. The summed E-state index contributed by atoms with van der Waals surface area (Å²) in [6, 6.07) is 4.08. The van der Waals surface area contributed by atoms with E-state index >= 15 is 0 Å². The monoisotopic (exact) mass is 343 g/mol. The maximum Gasteiger partial charge on any atom is 0.316 e. The Morgan fingerprint density at radius 2 is 1.87 bits per heavy atom. The molecule has 0 aliphatic carbocycles. The van der Waals surface area contributed by atoms with Crippen LogP contribution in [0, 0.1) is 12.3 Å². The summed E-state index contributed by atoms with van der Waals surface area (Å²) in [5.41, 5.74) is -0.182. The van der Waals surface area contributed by atoms with Crippen molar-refractivity contribution < 1.29 is 27.9 Å². The number of carboxylic acids is 1. The Morgan fingerprint density at radius 3 is 2.35 bits per heavy atom. The van der Waals surface area contributed by atoms with Crippen LogP contribution in [0.25, 0.3) is 0 Å². The Hall–Kier alpha value is -1.93. The number of hydrogen-bond donors (Lipinski definition) is 2. The predicted molar refractivity (Wildman–Crippen MR) is 83.7 cm³/mol. The molecule has 0 fully saturated rings. The molecule has 128 valence electrons. The maximum atomic E-state index is 12.0. The zero-order valence-corrected chi connectivity index (χ0v) is 14.4. The van der Waals surface area contributed by atoms with Crippen molar-refractivity contribution in [2.24, 2.45) is 5.41 Å². The summed E-state index contributed by atoms with van der Waals surface area (Å²) >= 11 is 0. The lowest BCUT2D eigenvalue weighted by atomic mass is 9.97. The molecular formula is C15H21NO6S. The van der Waals surface area contributed by atoms with E-state index in [4.69, 9.17) is 9.84 Å². The van der Waals surface area contributed by atoms with Crippen LogP contribution in [-0.4, -0.2) is 32.0 Å². The van der Waals surface area contributed by atoms with Gasteiger partial charge < -0.3 is 9.84 Å². The Morgan fingerprint density at radius 1 is 1.26 bits per heavy atom. The van der Waals surface area contributed by atoms with E-state index in [1.54, 1.807) is 27.7 Å². The van der Waals surface area contributed by atoms with E-state index in [2.05, 4.69) is 4.72 Å². The number of hydrogen-bond acceptors (Lipinski definition) is 5. The van der Waals surface area contributed by atoms with E-state index in [0.29, 0.717) is 5.56 Å². The highest BCUT2D eigenvalue weighted by atomic mass is 32.2. The minimum absolute atomic E-state index is 0.0176. The summed E-state index contributed by atoms with van der Waals surface area (Å²) in [5.74, 6) is -1.22. The standard InChI is InChI=1S/C15H21NO6S/c1-10-9-11(23(20,21)16-8-7-13(17)18)5-6-12(10)22-14(19)15(2,3)4/h5-6,9,16H,7-8H2,1-4H3,(H,17,18). The third kappa shape index (κ3) is 5.65. The molecule has 8 heteroatoms. The lowest BCUT2D eigenvalue weighted by Gasteiger charge is -2.17. The fraction of sp³-hybridized carbons (Fsp3) is 0.467. The van der Waals surface area contributed by atoms with Gasteiger partial charge in [0.15, 0.2) is 0 Å². The summed E-state index contributed by atoms with van der Waals surface area (Å²) < 4.78 is 31.6. The van der Waals surface area contributed by atoms with E-state index in [0.717, 1.165) is 0 Å². The number of nitrogens with one attached hydrogen (secondary N) is 1. The number of esters is 1. The fourth-order valence-corrected chi connectivity index (χ4v) is 2.65. The van der Waals surface area contributed by atoms with Crippen LogP contribution in [0.2, 0.25) is 0 Å². The van der Waals surface area contributed by atoms with Gasteiger partial charge in [-0.05, 0) is 51.5 Å². The normalized spacial score (nSPS) is 12.0. The number of aliphatic carboxylic acids is 1.